The van der Waals surface area contributed by atoms with Crippen LogP contribution in [-0.2, 0) is 9.53 Å². The van der Waals surface area contributed by atoms with E-state index in [1.807, 2.05) is 29.2 Å². The Kier molecular flexibility index (Phi) is 5.35. The Morgan fingerprint density at radius 1 is 1.26 bits per heavy atom. The Bertz CT molecular complexity index is 531. The van der Waals surface area contributed by atoms with Crippen molar-refractivity contribution in [2.75, 3.05) is 52.5 Å². The second kappa shape index (κ2) is 7.66. The maximum Gasteiger partial charge on any atom is 0.236 e. The monoisotopic (exact) mass is 320 g/mol. The molecule has 1 unspecified atom stereocenters. The molecule has 0 aromatic heterocycles. The maximum atomic E-state index is 12.4. The minimum Gasteiger partial charge on any atom is -0.486 e. The molecular formula is C17H24N2O4. The topological polar surface area (TPSA) is 51.2 Å². The third kappa shape index (κ3) is 4.14. The van der Waals surface area contributed by atoms with Gasteiger partial charge in [-0.2, -0.15) is 0 Å². The zero-order valence-corrected chi connectivity index (χ0v) is 13.6. The number of amides is 1. The third-order valence-electron chi connectivity index (χ3n) is 4.20. The summed E-state index contributed by atoms with van der Waals surface area (Å²) in [6.07, 6.45) is -0.0534. The number of morpholine rings is 1. The third-order valence-corrected chi connectivity index (χ3v) is 4.20. The fourth-order valence-electron chi connectivity index (χ4n) is 2.85. The minimum atomic E-state index is -0.0534. The van der Waals surface area contributed by atoms with Gasteiger partial charge in [0.2, 0.25) is 5.91 Å². The Labute approximate surface area is 136 Å². The quantitative estimate of drug-likeness (QED) is 0.810. The van der Waals surface area contributed by atoms with Crippen LogP contribution in [0.1, 0.15) is 6.92 Å². The number of hydrogen-bond acceptors (Lipinski definition) is 5. The Morgan fingerprint density at radius 3 is 2.74 bits per heavy atom. The molecule has 2 heterocycles. The van der Waals surface area contributed by atoms with Gasteiger partial charge in [0, 0.05) is 19.6 Å². The highest BCUT2D eigenvalue weighted by molar-refractivity contribution is 5.78. The molecule has 0 N–H and O–H groups in total. The highest BCUT2D eigenvalue weighted by Gasteiger charge is 2.25. The van der Waals surface area contributed by atoms with Crippen molar-refractivity contribution < 1.29 is 19.0 Å². The van der Waals surface area contributed by atoms with E-state index in [0.29, 0.717) is 46.0 Å². The second-order valence-electron chi connectivity index (χ2n) is 5.82. The molecule has 0 aliphatic carbocycles. The smallest absolute Gasteiger partial charge is 0.236 e. The van der Waals surface area contributed by atoms with E-state index in [2.05, 4.69) is 11.8 Å². The van der Waals surface area contributed by atoms with E-state index in [1.165, 1.54) is 0 Å². The molecule has 0 bridgehead atoms. The van der Waals surface area contributed by atoms with E-state index in [0.717, 1.165) is 18.0 Å². The van der Waals surface area contributed by atoms with Gasteiger partial charge >= 0.3 is 0 Å². The number of ether oxygens (including phenoxy) is 3. The van der Waals surface area contributed by atoms with E-state index in [9.17, 15) is 4.79 Å². The number of benzene rings is 1. The van der Waals surface area contributed by atoms with Crippen LogP contribution in [0.4, 0.5) is 0 Å². The highest BCUT2D eigenvalue weighted by Crippen LogP contribution is 2.30. The van der Waals surface area contributed by atoms with Crippen molar-refractivity contribution >= 4 is 5.91 Å². The number of carbonyl (C=O) groups is 1. The van der Waals surface area contributed by atoms with Gasteiger partial charge in [0.25, 0.3) is 0 Å². The zero-order valence-electron chi connectivity index (χ0n) is 13.6. The number of para-hydroxylation sites is 2. The molecular weight excluding hydrogens is 296 g/mol. The lowest BCUT2D eigenvalue weighted by Gasteiger charge is -2.32. The summed E-state index contributed by atoms with van der Waals surface area (Å²) >= 11 is 0. The number of hydrogen-bond donors (Lipinski definition) is 0. The van der Waals surface area contributed by atoms with Gasteiger partial charge in [0.05, 0.1) is 19.8 Å². The van der Waals surface area contributed by atoms with Crippen LogP contribution in [0.2, 0.25) is 0 Å². The van der Waals surface area contributed by atoms with Crippen LogP contribution in [0.5, 0.6) is 11.5 Å². The van der Waals surface area contributed by atoms with Crippen LogP contribution in [0.3, 0.4) is 0 Å². The molecule has 0 spiro atoms. The summed E-state index contributed by atoms with van der Waals surface area (Å²) in [5.41, 5.74) is 0. The Hall–Kier alpha value is -1.79. The number of rotatable bonds is 5. The Balaban J connectivity index is 1.52. The number of likely N-dealkylation sites (N-methyl/N-ethyl adjacent to an activating group) is 1. The lowest BCUT2D eigenvalue weighted by atomic mass is 10.2. The molecule has 0 radical (unpaired) electrons. The number of fused-ring (bicyclic) bond motifs is 1. The molecule has 6 nitrogen and oxygen atoms in total. The van der Waals surface area contributed by atoms with Gasteiger partial charge in [-0.05, 0) is 18.7 Å². The predicted octanol–water partition coefficient (Wildman–Crippen LogP) is 1.01. The summed E-state index contributed by atoms with van der Waals surface area (Å²) in [6, 6.07) is 7.69. The molecule has 3 rings (SSSR count). The van der Waals surface area contributed by atoms with Crippen molar-refractivity contribution in [3.05, 3.63) is 24.3 Å². The molecule has 2 aliphatic rings. The van der Waals surface area contributed by atoms with Crippen molar-refractivity contribution in [3.63, 3.8) is 0 Å². The molecule has 1 fully saturated rings. The molecule has 23 heavy (non-hydrogen) atoms. The van der Waals surface area contributed by atoms with Crippen molar-refractivity contribution in [3.8, 4) is 11.5 Å². The summed E-state index contributed by atoms with van der Waals surface area (Å²) in [5.74, 6) is 1.72. The molecule has 1 amide bonds. The molecule has 1 saturated heterocycles. The van der Waals surface area contributed by atoms with Gasteiger partial charge in [-0.3, -0.25) is 9.69 Å². The Morgan fingerprint density at radius 2 is 2.00 bits per heavy atom. The summed E-state index contributed by atoms with van der Waals surface area (Å²) in [7, 11) is 0. The van der Waals surface area contributed by atoms with Gasteiger partial charge in [-0.1, -0.05) is 19.1 Å². The first-order valence-corrected chi connectivity index (χ1v) is 8.22. The van der Waals surface area contributed by atoms with Crippen molar-refractivity contribution in [2.45, 2.75) is 13.0 Å². The largest absolute Gasteiger partial charge is 0.486 e. The first kappa shape index (κ1) is 16.1. The molecule has 2 aliphatic heterocycles. The number of carbonyl (C=O) groups excluding carboxylic acids is 1. The normalized spacial score (nSPS) is 20.6. The van der Waals surface area contributed by atoms with Crippen LogP contribution in [0.15, 0.2) is 24.3 Å². The van der Waals surface area contributed by atoms with E-state index in [-0.39, 0.29) is 12.0 Å². The molecule has 6 heteroatoms. The van der Waals surface area contributed by atoms with Crippen LogP contribution < -0.4 is 9.47 Å². The lowest BCUT2D eigenvalue weighted by molar-refractivity contribution is -0.136. The lowest BCUT2D eigenvalue weighted by Crippen LogP contribution is -2.48. The van der Waals surface area contributed by atoms with Gasteiger partial charge in [0.15, 0.2) is 11.5 Å². The summed E-state index contributed by atoms with van der Waals surface area (Å²) in [5, 5.41) is 0. The second-order valence-corrected chi connectivity index (χ2v) is 5.82. The van der Waals surface area contributed by atoms with Gasteiger partial charge in [0.1, 0.15) is 12.7 Å². The average molecular weight is 320 g/mol. The van der Waals surface area contributed by atoms with Crippen LogP contribution in [-0.4, -0.2) is 74.4 Å². The van der Waals surface area contributed by atoms with Gasteiger partial charge in [-0.15, -0.1) is 0 Å². The first-order chi connectivity index (χ1) is 11.3. The van der Waals surface area contributed by atoms with Gasteiger partial charge < -0.3 is 19.1 Å². The van der Waals surface area contributed by atoms with E-state index in [1.54, 1.807) is 0 Å². The minimum absolute atomic E-state index is 0.0534. The van der Waals surface area contributed by atoms with Crippen LogP contribution in [0, 0.1) is 0 Å². The molecule has 126 valence electrons. The van der Waals surface area contributed by atoms with Crippen LogP contribution >= 0.6 is 0 Å². The maximum absolute atomic E-state index is 12.4. The number of nitrogens with zero attached hydrogens (tertiary/aromatic N) is 2. The van der Waals surface area contributed by atoms with Crippen molar-refractivity contribution in [2.24, 2.45) is 0 Å². The van der Waals surface area contributed by atoms with E-state index in [4.69, 9.17) is 14.2 Å². The first-order valence-electron chi connectivity index (χ1n) is 8.22. The van der Waals surface area contributed by atoms with Crippen molar-refractivity contribution in [1.82, 2.24) is 9.80 Å². The SMILES string of the molecule is CCN(CC(=O)N1CCOCC1)CC1COc2ccccc2O1. The average Bonchev–Trinajstić information content (AvgIpc) is 2.61. The molecule has 1 aromatic carbocycles. The molecule has 1 aromatic rings. The highest BCUT2D eigenvalue weighted by atomic mass is 16.6. The van der Waals surface area contributed by atoms with Gasteiger partial charge in [-0.25, -0.2) is 0 Å². The zero-order chi connectivity index (χ0) is 16.1. The van der Waals surface area contributed by atoms with E-state index < -0.39 is 0 Å². The molecule has 0 saturated carbocycles. The summed E-state index contributed by atoms with van der Waals surface area (Å²) < 4.78 is 17.0. The summed E-state index contributed by atoms with van der Waals surface area (Å²) in [6.45, 7) is 7.11. The fraction of sp³-hybridized carbons (Fsp3) is 0.588. The van der Waals surface area contributed by atoms with Crippen molar-refractivity contribution in [1.29, 1.82) is 0 Å². The van der Waals surface area contributed by atoms with Crippen LogP contribution in [0.25, 0.3) is 0 Å². The molecule has 1 atom stereocenters. The standard InChI is InChI=1S/C17H24N2O4/c1-2-18(12-17(20)19-7-9-21-10-8-19)11-14-13-22-15-5-3-4-6-16(15)23-14/h3-6,14H,2,7-13H2,1H3. The predicted molar refractivity (Wildman–Crippen MR) is 85.9 cm³/mol. The van der Waals surface area contributed by atoms with E-state index >= 15 is 0 Å². The fourth-order valence-corrected chi connectivity index (χ4v) is 2.85. The summed E-state index contributed by atoms with van der Waals surface area (Å²) in [4.78, 5) is 16.3.